The van der Waals surface area contributed by atoms with Gasteiger partial charge < -0.3 is 19.3 Å². The van der Waals surface area contributed by atoms with Gasteiger partial charge in [0.05, 0.1) is 26.1 Å². The first-order valence-electron chi connectivity index (χ1n) is 10.3. The molecule has 4 rings (SSSR count). The Hall–Kier alpha value is -2.93. The molecule has 6 nitrogen and oxygen atoms in total. The summed E-state index contributed by atoms with van der Waals surface area (Å²) in [5.41, 5.74) is 2.12. The Kier molecular flexibility index (Phi) is 6.82. The highest BCUT2D eigenvalue weighted by Crippen LogP contribution is 2.39. The highest BCUT2D eigenvalue weighted by Gasteiger charge is 2.25. The van der Waals surface area contributed by atoms with Crippen LogP contribution in [0.15, 0.2) is 59.9 Å². The Balaban J connectivity index is 1.33. The smallest absolute Gasteiger partial charge is 0.217 e. The third-order valence-corrected chi connectivity index (χ3v) is 5.97. The Morgan fingerprint density at radius 2 is 2.19 bits per heavy atom. The van der Waals surface area contributed by atoms with Crippen LogP contribution in [0.4, 0.5) is 0 Å². The molecule has 1 aromatic heterocycles. The molecule has 31 heavy (non-hydrogen) atoms. The van der Waals surface area contributed by atoms with E-state index in [4.69, 9.17) is 14.2 Å². The third kappa shape index (κ3) is 5.41. The first kappa shape index (κ1) is 21.3. The molecule has 1 aliphatic heterocycles. The molecule has 0 saturated carbocycles. The fourth-order valence-corrected chi connectivity index (χ4v) is 4.31. The van der Waals surface area contributed by atoms with Gasteiger partial charge in [0.15, 0.2) is 5.82 Å². The van der Waals surface area contributed by atoms with Gasteiger partial charge in [-0.3, -0.25) is 0 Å². The predicted molar refractivity (Wildman–Crippen MR) is 122 cm³/mol. The maximum absolute atomic E-state index is 9.45. The number of aliphatic hydroxyl groups excluding tert-OH is 1. The van der Waals surface area contributed by atoms with Crippen molar-refractivity contribution >= 4 is 17.3 Å². The van der Waals surface area contributed by atoms with Crippen molar-refractivity contribution in [2.24, 2.45) is 0 Å². The lowest BCUT2D eigenvalue weighted by molar-refractivity contribution is 0.306. The number of nitrogens with zero attached hydrogens (tertiary/aromatic N) is 2. The van der Waals surface area contributed by atoms with Gasteiger partial charge in [0.2, 0.25) is 5.88 Å². The summed E-state index contributed by atoms with van der Waals surface area (Å²) in [4.78, 5) is 9.15. The van der Waals surface area contributed by atoms with Crippen LogP contribution >= 0.6 is 11.8 Å². The average molecular weight is 439 g/mol. The van der Waals surface area contributed by atoms with Crippen LogP contribution in [-0.4, -0.2) is 41.2 Å². The normalized spacial score (nSPS) is 16.9. The average Bonchev–Trinajstić information content (AvgIpc) is 3.18. The molecule has 1 aliphatic carbocycles. The monoisotopic (exact) mass is 438 g/mol. The number of rotatable bonds is 9. The molecule has 7 heteroatoms. The van der Waals surface area contributed by atoms with Crippen LogP contribution in [0.25, 0.3) is 5.57 Å². The van der Waals surface area contributed by atoms with Crippen LogP contribution in [0.2, 0.25) is 0 Å². The lowest BCUT2D eigenvalue weighted by atomic mass is 9.97. The maximum atomic E-state index is 9.45. The molecule has 0 saturated heterocycles. The summed E-state index contributed by atoms with van der Waals surface area (Å²) in [6, 6.07) is 7.71. The van der Waals surface area contributed by atoms with Crippen LogP contribution in [0.3, 0.4) is 0 Å². The number of aromatic nitrogens is 2. The predicted octanol–water partition coefficient (Wildman–Crippen LogP) is 5.33. The maximum Gasteiger partial charge on any atom is 0.217 e. The number of ether oxygens (including phenoxy) is 3. The topological polar surface area (TPSA) is 73.7 Å². The summed E-state index contributed by atoms with van der Waals surface area (Å²) in [5, 5.41) is 10.3. The van der Waals surface area contributed by atoms with Gasteiger partial charge in [-0.1, -0.05) is 30.9 Å². The van der Waals surface area contributed by atoms with Gasteiger partial charge in [-0.25, -0.2) is 4.98 Å². The zero-order chi connectivity index (χ0) is 21.6. The summed E-state index contributed by atoms with van der Waals surface area (Å²) in [7, 11) is 1.62. The van der Waals surface area contributed by atoms with E-state index in [1.807, 2.05) is 24.3 Å². The van der Waals surface area contributed by atoms with E-state index in [1.165, 1.54) is 0 Å². The molecular formula is C24H26N2O4S. The van der Waals surface area contributed by atoms with E-state index in [0.29, 0.717) is 31.3 Å². The summed E-state index contributed by atoms with van der Waals surface area (Å²) in [6.07, 6.45) is 8.93. The number of benzene rings is 1. The molecule has 2 heterocycles. The number of allylic oxidation sites excluding steroid dienone is 5. The van der Waals surface area contributed by atoms with Gasteiger partial charge in [0, 0.05) is 41.4 Å². The number of methoxy groups -OCH3 is 1. The molecule has 1 aromatic carbocycles. The minimum Gasteiger partial charge on any atom is -0.513 e. The van der Waals surface area contributed by atoms with Gasteiger partial charge in [-0.05, 0) is 18.9 Å². The quantitative estimate of drug-likeness (QED) is 0.246. The molecule has 0 spiro atoms. The molecule has 162 valence electrons. The Labute approximate surface area is 186 Å². The summed E-state index contributed by atoms with van der Waals surface area (Å²) < 4.78 is 17.0. The van der Waals surface area contributed by atoms with E-state index in [9.17, 15) is 5.11 Å². The minimum absolute atomic E-state index is 0.146. The van der Waals surface area contributed by atoms with E-state index in [1.54, 1.807) is 18.9 Å². The molecule has 2 aliphatic rings. The zero-order valence-corrected chi connectivity index (χ0v) is 18.4. The van der Waals surface area contributed by atoms with Crippen molar-refractivity contribution in [3.63, 3.8) is 0 Å². The highest BCUT2D eigenvalue weighted by atomic mass is 32.2. The molecule has 1 atom stereocenters. The number of hydrogen-bond donors (Lipinski definition) is 1. The molecule has 0 radical (unpaired) electrons. The van der Waals surface area contributed by atoms with Crippen LogP contribution in [0, 0.1) is 0 Å². The van der Waals surface area contributed by atoms with Crippen molar-refractivity contribution in [3.8, 4) is 17.4 Å². The van der Waals surface area contributed by atoms with E-state index in [-0.39, 0.29) is 11.7 Å². The minimum atomic E-state index is 0.146. The Bertz CT molecular complexity index is 1020. The fraction of sp³-hybridized carbons (Fsp3) is 0.333. The SMILES string of the molecule is C=C(O)CC1COc2cc(OCCSc3cc(OC)nc(C4=CCCC=C4)n3)ccc21. The molecule has 0 fully saturated rings. The molecular weight excluding hydrogens is 412 g/mol. The van der Waals surface area contributed by atoms with Gasteiger partial charge in [0.1, 0.15) is 16.5 Å². The molecule has 1 N–H and O–H groups in total. The second-order valence-electron chi connectivity index (χ2n) is 7.39. The number of hydrogen-bond acceptors (Lipinski definition) is 7. The zero-order valence-electron chi connectivity index (χ0n) is 17.5. The van der Waals surface area contributed by atoms with Crippen LogP contribution in [-0.2, 0) is 0 Å². The van der Waals surface area contributed by atoms with Crippen molar-refractivity contribution < 1.29 is 19.3 Å². The first-order chi connectivity index (χ1) is 15.1. The van der Waals surface area contributed by atoms with Gasteiger partial charge in [-0.2, -0.15) is 4.98 Å². The Morgan fingerprint density at radius 1 is 1.29 bits per heavy atom. The van der Waals surface area contributed by atoms with Crippen molar-refractivity contribution in [1.29, 1.82) is 0 Å². The number of thioether (sulfide) groups is 1. The van der Waals surface area contributed by atoms with Gasteiger partial charge in [0.25, 0.3) is 0 Å². The van der Waals surface area contributed by atoms with E-state index in [2.05, 4.69) is 34.8 Å². The van der Waals surface area contributed by atoms with E-state index < -0.39 is 0 Å². The van der Waals surface area contributed by atoms with Crippen molar-refractivity contribution in [3.05, 3.63) is 66.2 Å². The summed E-state index contributed by atoms with van der Waals surface area (Å²) >= 11 is 1.60. The van der Waals surface area contributed by atoms with E-state index >= 15 is 0 Å². The van der Waals surface area contributed by atoms with Crippen molar-refractivity contribution in [1.82, 2.24) is 9.97 Å². The lowest BCUT2D eigenvalue weighted by Crippen LogP contribution is -2.03. The van der Waals surface area contributed by atoms with Crippen molar-refractivity contribution in [2.75, 3.05) is 26.1 Å². The standard InChI is InChI=1S/C24H26N2O4S/c1-16(27)12-18-15-30-21-13-19(8-9-20(18)21)29-10-11-31-23-14-22(28-2)25-24(26-23)17-6-4-3-5-7-17/h4,6-9,13-14,18,27H,1,3,5,10-12,15H2,2H3. The second-order valence-corrected chi connectivity index (χ2v) is 8.50. The third-order valence-electron chi connectivity index (χ3n) is 5.09. The van der Waals surface area contributed by atoms with Crippen molar-refractivity contribution in [2.45, 2.75) is 30.2 Å². The first-order valence-corrected chi connectivity index (χ1v) is 11.3. The molecule has 1 unspecified atom stereocenters. The van der Waals surface area contributed by atoms with Crippen LogP contribution < -0.4 is 14.2 Å². The highest BCUT2D eigenvalue weighted by molar-refractivity contribution is 7.99. The lowest BCUT2D eigenvalue weighted by Gasteiger charge is -2.11. The van der Waals surface area contributed by atoms with Crippen LogP contribution in [0.5, 0.6) is 17.4 Å². The number of fused-ring (bicyclic) bond motifs is 1. The van der Waals surface area contributed by atoms with Gasteiger partial charge >= 0.3 is 0 Å². The van der Waals surface area contributed by atoms with Crippen LogP contribution in [0.1, 0.15) is 36.6 Å². The summed E-state index contributed by atoms with van der Waals surface area (Å²) in [6.45, 7) is 4.66. The Morgan fingerprint density at radius 3 is 2.97 bits per heavy atom. The van der Waals surface area contributed by atoms with Gasteiger partial charge in [-0.15, -0.1) is 11.8 Å². The molecule has 0 bridgehead atoms. The summed E-state index contributed by atoms with van der Waals surface area (Å²) in [5.74, 6) is 3.89. The second kappa shape index (κ2) is 9.92. The largest absolute Gasteiger partial charge is 0.513 e. The fourth-order valence-electron chi connectivity index (χ4n) is 3.60. The molecule has 0 amide bonds. The number of aliphatic hydroxyl groups is 1. The van der Waals surface area contributed by atoms with E-state index in [0.717, 1.165) is 46.3 Å². The molecule has 2 aromatic rings.